The normalized spacial score (nSPS) is 12.1. The van der Waals surface area contributed by atoms with Gasteiger partial charge >= 0.3 is 0 Å². The lowest BCUT2D eigenvalue weighted by molar-refractivity contribution is -0.385. The molecule has 20 heavy (non-hydrogen) atoms. The molecule has 0 aromatic heterocycles. The van der Waals surface area contributed by atoms with Crippen molar-refractivity contribution >= 4 is 33.4 Å². The second-order valence-corrected chi connectivity index (χ2v) is 6.32. The lowest BCUT2D eigenvalue weighted by atomic mass is 10.0. The van der Waals surface area contributed by atoms with E-state index in [-0.39, 0.29) is 15.4 Å². The van der Waals surface area contributed by atoms with E-state index >= 15 is 0 Å². The number of halogens is 1. The quantitative estimate of drug-likeness (QED) is 0.329. The third-order valence-electron chi connectivity index (χ3n) is 3.06. The van der Waals surface area contributed by atoms with E-state index in [0.717, 1.165) is 11.1 Å². The summed E-state index contributed by atoms with van der Waals surface area (Å²) in [5, 5.41) is 11.0. The molecule has 0 amide bonds. The first-order valence-electron chi connectivity index (χ1n) is 6.12. The summed E-state index contributed by atoms with van der Waals surface area (Å²) in [5.41, 5.74) is 2.05. The molecule has 1 unspecified atom stereocenters. The molecule has 104 valence electrons. The van der Waals surface area contributed by atoms with Crippen molar-refractivity contribution in [1.29, 1.82) is 0 Å². The molecule has 1 atom stereocenters. The summed E-state index contributed by atoms with van der Waals surface area (Å²) in [6, 6.07) is 15.1. The first-order valence-corrected chi connectivity index (χ1v) is 8.26. The minimum Gasteiger partial charge on any atom is -0.258 e. The molecule has 0 spiro atoms. The Morgan fingerprint density at radius 2 is 1.85 bits per heavy atom. The van der Waals surface area contributed by atoms with Crippen LogP contribution in [0.3, 0.4) is 0 Å². The Kier molecular flexibility index (Phi) is 5.20. The molecule has 0 heterocycles. The first kappa shape index (κ1) is 15.1. The highest BCUT2D eigenvalue weighted by Crippen LogP contribution is 2.31. The standard InChI is InChI=1S/C15H14BrNO2S/c1-20-13-8-6-11(7-9-13)14(16)10-12-4-2-3-5-15(12)17(18)19/h2-9,14H,10H2,1H3. The Balaban J connectivity index is 2.18. The Labute approximate surface area is 130 Å². The van der Waals surface area contributed by atoms with Crippen LogP contribution >= 0.6 is 27.7 Å². The average Bonchev–Trinajstić information content (AvgIpc) is 2.47. The van der Waals surface area contributed by atoms with Crippen molar-refractivity contribution in [2.75, 3.05) is 6.26 Å². The highest BCUT2D eigenvalue weighted by atomic mass is 79.9. The molecule has 2 aromatic carbocycles. The molecule has 0 aliphatic carbocycles. The van der Waals surface area contributed by atoms with Gasteiger partial charge in [-0.15, -0.1) is 11.8 Å². The van der Waals surface area contributed by atoms with Crippen LogP contribution in [0, 0.1) is 10.1 Å². The first-order chi connectivity index (χ1) is 9.61. The van der Waals surface area contributed by atoms with Crippen molar-refractivity contribution in [2.45, 2.75) is 16.1 Å². The van der Waals surface area contributed by atoms with E-state index in [9.17, 15) is 10.1 Å². The van der Waals surface area contributed by atoms with Gasteiger partial charge in [-0.2, -0.15) is 0 Å². The van der Waals surface area contributed by atoms with Crippen LogP contribution in [-0.4, -0.2) is 11.2 Å². The van der Waals surface area contributed by atoms with Crippen LogP contribution in [0.25, 0.3) is 0 Å². The number of hydrogen-bond donors (Lipinski definition) is 0. The summed E-state index contributed by atoms with van der Waals surface area (Å²) in [6.45, 7) is 0. The maximum Gasteiger partial charge on any atom is 0.272 e. The number of nitrogens with zero attached hydrogens (tertiary/aromatic N) is 1. The molecule has 2 aromatic rings. The van der Waals surface area contributed by atoms with Gasteiger partial charge in [0, 0.05) is 21.4 Å². The SMILES string of the molecule is CSc1ccc(C(Br)Cc2ccccc2[N+](=O)[O-])cc1. The van der Waals surface area contributed by atoms with Gasteiger partial charge in [-0.05, 0) is 30.4 Å². The molecular weight excluding hydrogens is 338 g/mol. The van der Waals surface area contributed by atoms with E-state index in [1.165, 1.54) is 4.90 Å². The van der Waals surface area contributed by atoms with Gasteiger partial charge in [0.1, 0.15) is 0 Å². The van der Waals surface area contributed by atoms with Crippen molar-refractivity contribution < 1.29 is 4.92 Å². The van der Waals surface area contributed by atoms with Gasteiger partial charge in [-0.1, -0.05) is 46.3 Å². The number of benzene rings is 2. The molecular formula is C15H14BrNO2S. The molecule has 0 fully saturated rings. The fourth-order valence-electron chi connectivity index (χ4n) is 1.99. The molecule has 2 rings (SSSR count). The van der Waals surface area contributed by atoms with Crippen molar-refractivity contribution in [3.8, 4) is 0 Å². The predicted molar refractivity (Wildman–Crippen MR) is 86.7 cm³/mol. The predicted octanol–water partition coefficient (Wildman–Crippen LogP) is 5.00. The Morgan fingerprint density at radius 1 is 1.20 bits per heavy atom. The topological polar surface area (TPSA) is 43.1 Å². The van der Waals surface area contributed by atoms with Crippen LogP contribution in [0.4, 0.5) is 5.69 Å². The van der Waals surface area contributed by atoms with Crippen LogP contribution in [0.2, 0.25) is 0 Å². The van der Waals surface area contributed by atoms with Gasteiger partial charge in [0.15, 0.2) is 0 Å². The third-order valence-corrected chi connectivity index (χ3v) is 4.66. The van der Waals surface area contributed by atoms with Crippen LogP contribution in [-0.2, 0) is 6.42 Å². The minimum absolute atomic E-state index is 0.0690. The zero-order valence-corrected chi connectivity index (χ0v) is 13.4. The zero-order valence-electron chi connectivity index (χ0n) is 11.0. The molecule has 0 saturated heterocycles. The van der Waals surface area contributed by atoms with Gasteiger partial charge in [-0.25, -0.2) is 0 Å². The molecule has 3 nitrogen and oxygen atoms in total. The molecule has 0 N–H and O–H groups in total. The molecule has 0 radical (unpaired) electrons. The summed E-state index contributed by atoms with van der Waals surface area (Å²) in [4.78, 5) is 12.0. The number of nitro groups is 1. The largest absolute Gasteiger partial charge is 0.272 e. The van der Waals surface area contributed by atoms with E-state index in [1.807, 2.05) is 18.4 Å². The third kappa shape index (κ3) is 3.61. The Morgan fingerprint density at radius 3 is 2.45 bits per heavy atom. The van der Waals surface area contributed by atoms with Gasteiger partial charge in [0.05, 0.1) is 4.92 Å². The fourth-order valence-corrected chi connectivity index (χ4v) is 3.05. The van der Waals surface area contributed by atoms with Crippen LogP contribution < -0.4 is 0 Å². The molecule has 0 saturated carbocycles. The molecule has 0 aliphatic rings. The number of alkyl halides is 1. The lowest BCUT2D eigenvalue weighted by Gasteiger charge is -2.11. The number of hydrogen-bond acceptors (Lipinski definition) is 3. The molecule has 0 aliphatic heterocycles. The summed E-state index contributed by atoms with van der Waals surface area (Å²) >= 11 is 5.32. The maximum atomic E-state index is 11.0. The van der Waals surface area contributed by atoms with E-state index in [2.05, 4.69) is 40.2 Å². The highest BCUT2D eigenvalue weighted by molar-refractivity contribution is 9.09. The van der Waals surface area contributed by atoms with Crippen LogP contribution in [0.5, 0.6) is 0 Å². The lowest BCUT2D eigenvalue weighted by Crippen LogP contribution is -2.00. The van der Waals surface area contributed by atoms with Gasteiger partial charge < -0.3 is 0 Å². The van der Waals surface area contributed by atoms with Crippen molar-refractivity contribution in [2.24, 2.45) is 0 Å². The minimum atomic E-state index is -0.328. The maximum absolute atomic E-state index is 11.0. The fraction of sp³-hybridized carbons (Fsp3) is 0.200. The Bertz CT molecular complexity index is 601. The van der Waals surface area contributed by atoms with E-state index in [0.29, 0.717) is 6.42 Å². The summed E-state index contributed by atoms with van der Waals surface area (Å²) in [7, 11) is 0. The molecule has 5 heteroatoms. The van der Waals surface area contributed by atoms with Gasteiger partial charge in [-0.3, -0.25) is 10.1 Å². The number of para-hydroxylation sites is 1. The second kappa shape index (κ2) is 6.90. The Hall–Kier alpha value is -1.33. The summed E-state index contributed by atoms with van der Waals surface area (Å²) in [5.74, 6) is 0. The summed E-state index contributed by atoms with van der Waals surface area (Å²) < 4.78 is 0. The van der Waals surface area contributed by atoms with Crippen molar-refractivity contribution in [3.63, 3.8) is 0 Å². The zero-order chi connectivity index (χ0) is 14.5. The number of rotatable bonds is 5. The monoisotopic (exact) mass is 351 g/mol. The van der Waals surface area contributed by atoms with Crippen molar-refractivity contribution in [3.05, 3.63) is 69.8 Å². The van der Waals surface area contributed by atoms with E-state index in [1.54, 1.807) is 23.9 Å². The molecule has 0 bridgehead atoms. The van der Waals surface area contributed by atoms with Gasteiger partial charge in [0.2, 0.25) is 0 Å². The van der Waals surface area contributed by atoms with Gasteiger partial charge in [0.25, 0.3) is 5.69 Å². The van der Waals surface area contributed by atoms with Crippen LogP contribution in [0.15, 0.2) is 53.4 Å². The van der Waals surface area contributed by atoms with Crippen LogP contribution in [0.1, 0.15) is 16.0 Å². The smallest absolute Gasteiger partial charge is 0.258 e. The summed E-state index contributed by atoms with van der Waals surface area (Å²) in [6.07, 6.45) is 2.63. The number of nitro benzene ring substituents is 1. The van der Waals surface area contributed by atoms with Crippen molar-refractivity contribution in [1.82, 2.24) is 0 Å². The average molecular weight is 352 g/mol. The van der Waals surface area contributed by atoms with E-state index < -0.39 is 0 Å². The second-order valence-electron chi connectivity index (χ2n) is 4.33. The van der Waals surface area contributed by atoms with E-state index in [4.69, 9.17) is 0 Å². The highest BCUT2D eigenvalue weighted by Gasteiger charge is 2.16. The number of thioether (sulfide) groups is 1.